The molecule has 0 amide bonds. The van der Waals surface area contributed by atoms with Gasteiger partial charge in [0.2, 0.25) is 0 Å². The molecule has 0 aromatic heterocycles. The minimum absolute atomic E-state index is 0.109. The van der Waals surface area contributed by atoms with Crippen molar-refractivity contribution in [2.75, 3.05) is 13.7 Å². The predicted molar refractivity (Wildman–Crippen MR) is 92.1 cm³/mol. The van der Waals surface area contributed by atoms with Gasteiger partial charge in [0.15, 0.2) is 5.78 Å². The fourth-order valence-electron chi connectivity index (χ4n) is 2.96. The summed E-state index contributed by atoms with van der Waals surface area (Å²) in [4.78, 5) is 28.5. The fourth-order valence-corrected chi connectivity index (χ4v) is 2.96. The topological polar surface area (TPSA) is 76.0 Å². The zero-order chi connectivity index (χ0) is 17.7. The number of carbonyl (C=O) groups is 2. The molecule has 1 aliphatic carbocycles. The minimum atomic E-state index is -0.851. The molecule has 0 heterocycles. The Hall–Kier alpha value is -2.43. The van der Waals surface area contributed by atoms with Gasteiger partial charge in [-0.1, -0.05) is 44.2 Å². The summed E-state index contributed by atoms with van der Waals surface area (Å²) in [7, 11) is 1.27. The number of aliphatic hydroxyl groups excluding tert-OH is 1. The van der Waals surface area contributed by atoms with Crippen LogP contribution in [0, 0.1) is 11.3 Å². The van der Waals surface area contributed by atoms with Gasteiger partial charge < -0.3 is 9.84 Å². The van der Waals surface area contributed by atoms with Gasteiger partial charge in [0.1, 0.15) is 11.7 Å². The van der Waals surface area contributed by atoms with Gasteiger partial charge in [-0.15, -0.1) is 0 Å². The number of ether oxygens (including phenoxy) is 1. The average Bonchev–Trinajstić information content (AvgIpc) is 2.53. The Labute approximate surface area is 142 Å². The van der Waals surface area contributed by atoms with E-state index in [-0.39, 0.29) is 23.5 Å². The highest BCUT2D eigenvalue weighted by atomic mass is 16.5. The monoisotopic (exact) mass is 329 g/mol. The molecule has 0 radical (unpaired) electrons. The maximum absolute atomic E-state index is 12.3. The molecule has 1 N–H and O–H groups in total. The molecular formula is C19H23NO4. The van der Waals surface area contributed by atoms with E-state index in [4.69, 9.17) is 4.74 Å². The summed E-state index contributed by atoms with van der Waals surface area (Å²) in [6.45, 7) is 4.04. The summed E-state index contributed by atoms with van der Waals surface area (Å²) in [6.07, 6.45) is 2.29. The highest BCUT2D eigenvalue weighted by Crippen LogP contribution is 2.41. The second-order valence-electron chi connectivity index (χ2n) is 6.61. The number of rotatable bonds is 5. The summed E-state index contributed by atoms with van der Waals surface area (Å²) < 4.78 is 4.77. The van der Waals surface area contributed by atoms with E-state index in [9.17, 15) is 14.7 Å². The molecule has 1 aromatic carbocycles. The Morgan fingerprint density at radius 2 is 2.04 bits per heavy atom. The summed E-state index contributed by atoms with van der Waals surface area (Å²) >= 11 is 0. The number of aliphatic imine (C=N–C) groups is 1. The first-order valence-electron chi connectivity index (χ1n) is 7.94. The average molecular weight is 329 g/mol. The molecule has 5 heteroatoms. The molecule has 1 aliphatic rings. The van der Waals surface area contributed by atoms with Gasteiger partial charge in [0.25, 0.3) is 0 Å². The summed E-state index contributed by atoms with van der Waals surface area (Å²) in [5.41, 5.74) is 0.574. The Morgan fingerprint density at radius 1 is 1.38 bits per heavy atom. The van der Waals surface area contributed by atoms with Gasteiger partial charge in [0, 0.05) is 19.2 Å². The van der Waals surface area contributed by atoms with E-state index < -0.39 is 17.3 Å². The number of Topliss-reactive ketones (excluding diaryl/α,β-unsaturated/α-hetero) is 1. The van der Waals surface area contributed by atoms with E-state index in [1.807, 2.05) is 30.3 Å². The third kappa shape index (κ3) is 3.91. The maximum atomic E-state index is 12.3. The SMILES string of the molecule is COC(=O)[C@@H]1C(O)=C(C=NCCc2ccccc2)C(=O)CC1(C)C. The van der Waals surface area contributed by atoms with Crippen molar-refractivity contribution in [2.24, 2.45) is 16.3 Å². The molecule has 0 saturated heterocycles. The molecular weight excluding hydrogens is 306 g/mol. The zero-order valence-electron chi connectivity index (χ0n) is 14.3. The van der Waals surface area contributed by atoms with Gasteiger partial charge in [-0.05, 0) is 17.4 Å². The minimum Gasteiger partial charge on any atom is -0.511 e. The lowest BCUT2D eigenvalue weighted by atomic mass is 9.68. The smallest absolute Gasteiger partial charge is 0.316 e. The first-order valence-corrected chi connectivity index (χ1v) is 7.94. The number of allylic oxidation sites excluding steroid dienone is 1. The van der Waals surface area contributed by atoms with Crippen molar-refractivity contribution in [2.45, 2.75) is 26.7 Å². The third-order valence-corrected chi connectivity index (χ3v) is 4.28. The summed E-state index contributed by atoms with van der Waals surface area (Å²) in [5.74, 6) is -1.84. The molecule has 0 fully saturated rings. The van der Waals surface area contributed by atoms with Crippen molar-refractivity contribution in [1.29, 1.82) is 0 Å². The Balaban J connectivity index is 2.16. The number of esters is 1. The molecule has 24 heavy (non-hydrogen) atoms. The van der Waals surface area contributed by atoms with Crippen molar-refractivity contribution in [3.05, 3.63) is 47.2 Å². The van der Waals surface area contributed by atoms with Crippen LogP contribution in [0.15, 0.2) is 46.7 Å². The third-order valence-electron chi connectivity index (χ3n) is 4.28. The van der Waals surface area contributed by atoms with Crippen LogP contribution >= 0.6 is 0 Å². The Bertz CT molecular complexity index is 674. The van der Waals surface area contributed by atoms with Crippen LogP contribution in [0.2, 0.25) is 0 Å². The van der Waals surface area contributed by atoms with Crippen molar-refractivity contribution in [3.63, 3.8) is 0 Å². The zero-order valence-corrected chi connectivity index (χ0v) is 14.3. The van der Waals surface area contributed by atoms with Crippen LogP contribution in [0.25, 0.3) is 0 Å². The summed E-state index contributed by atoms with van der Waals surface area (Å²) in [5, 5.41) is 10.4. The number of aliphatic hydroxyl groups is 1. The quantitative estimate of drug-likeness (QED) is 0.666. The van der Waals surface area contributed by atoms with Gasteiger partial charge in [-0.3, -0.25) is 14.6 Å². The molecule has 128 valence electrons. The maximum Gasteiger partial charge on any atom is 0.316 e. The van der Waals surface area contributed by atoms with E-state index in [2.05, 4.69) is 4.99 Å². The number of carbonyl (C=O) groups excluding carboxylic acids is 2. The summed E-state index contributed by atoms with van der Waals surface area (Å²) in [6, 6.07) is 9.88. The van der Waals surface area contributed by atoms with Crippen LogP contribution in [-0.2, 0) is 20.7 Å². The predicted octanol–water partition coefficient (Wildman–Crippen LogP) is 2.90. The van der Waals surface area contributed by atoms with Crippen LogP contribution in [0.3, 0.4) is 0 Å². The highest BCUT2D eigenvalue weighted by Gasteiger charge is 2.46. The molecule has 0 spiro atoms. The molecule has 2 rings (SSSR count). The van der Waals surface area contributed by atoms with E-state index in [1.54, 1.807) is 13.8 Å². The molecule has 5 nitrogen and oxygen atoms in total. The molecule has 0 bridgehead atoms. The highest BCUT2D eigenvalue weighted by molar-refractivity contribution is 6.15. The Morgan fingerprint density at radius 3 is 2.67 bits per heavy atom. The number of methoxy groups -OCH3 is 1. The van der Waals surface area contributed by atoms with E-state index >= 15 is 0 Å². The van der Waals surface area contributed by atoms with Crippen molar-refractivity contribution < 1.29 is 19.4 Å². The lowest BCUT2D eigenvalue weighted by molar-refractivity contribution is -0.150. The van der Waals surface area contributed by atoms with E-state index in [0.717, 1.165) is 12.0 Å². The van der Waals surface area contributed by atoms with Crippen LogP contribution in [-0.4, -0.2) is 36.7 Å². The number of ketones is 1. The van der Waals surface area contributed by atoms with E-state index in [1.165, 1.54) is 13.3 Å². The van der Waals surface area contributed by atoms with Gasteiger partial charge in [0.05, 0.1) is 12.7 Å². The van der Waals surface area contributed by atoms with Crippen LogP contribution in [0.5, 0.6) is 0 Å². The normalized spacial score (nSPS) is 20.5. The van der Waals surface area contributed by atoms with E-state index in [0.29, 0.717) is 6.54 Å². The lowest BCUT2D eigenvalue weighted by Crippen LogP contribution is -2.40. The lowest BCUT2D eigenvalue weighted by Gasteiger charge is -2.35. The Kier molecular flexibility index (Phi) is 5.54. The molecule has 0 unspecified atom stereocenters. The van der Waals surface area contributed by atoms with Crippen molar-refractivity contribution >= 4 is 18.0 Å². The van der Waals surface area contributed by atoms with Crippen LogP contribution in [0.4, 0.5) is 0 Å². The van der Waals surface area contributed by atoms with Gasteiger partial charge in [-0.25, -0.2) is 0 Å². The second kappa shape index (κ2) is 7.43. The molecule has 1 aromatic rings. The number of hydrogen-bond acceptors (Lipinski definition) is 5. The van der Waals surface area contributed by atoms with Crippen LogP contribution < -0.4 is 0 Å². The molecule has 1 atom stereocenters. The first kappa shape index (κ1) is 17.9. The molecule has 0 aliphatic heterocycles. The van der Waals surface area contributed by atoms with Crippen molar-refractivity contribution in [1.82, 2.24) is 0 Å². The molecule has 0 saturated carbocycles. The van der Waals surface area contributed by atoms with Crippen LogP contribution in [0.1, 0.15) is 25.8 Å². The second-order valence-corrected chi connectivity index (χ2v) is 6.61. The van der Waals surface area contributed by atoms with Crippen molar-refractivity contribution in [3.8, 4) is 0 Å². The first-order chi connectivity index (χ1) is 11.4. The number of hydrogen-bond donors (Lipinski definition) is 1. The fraction of sp³-hybridized carbons (Fsp3) is 0.421. The largest absolute Gasteiger partial charge is 0.511 e. The standard InChI is InChI=1S/C19H23NO4/c1-19(2)11-15(21)14(17(22)16(19)18(23)24-3)12-20-10-9-13-7-5-4-6-8-13/h4-8,12,16,22H,9-11H2,1-3H3/t16-/m0/s1. The number of benzene rings is 1. The van der Waals surface area contributed by atoms with Gasteiger partial charge >= 0.3 is 5.97 Å². The van der Waals surface area contributed by atoms with Gasteiger partial charge in [-0.2, -0.15) is 0 Å². The number of nitrogens with zero attached hydrogens (tertiary/aromatic N) is 1.